The average molecular weight is 435 g/mol. The number of aliphatic imine (C=N–C) groups is 1. The number of hydrogen-bond donors (Lipinski definition) is 2. The van der Waals surface area contributed by atoms with Crippen molar-refractivity contribution in [2.75, 3.05) is 26.1 Å². The van der Waals surface area contributed by atoms with Gasteiger partial charge in [0.2, 0.25) is 0 Å². The van der Waals surface area contributed by atoms with Crippen molar-refractivity contribution in [3.05, 3.63) is 24.3 Å². The predicted molar refractivity (Wildman–Crippen MR) is 104 cm³/mol. The summed E-state index contributed by atoms with van der Waals surface area (Å²) in [6.45, 7) is 0.674. The molecule has 0 fully saturated rings. The number of nitrogens with one attached hydrogen (secondary N) is 1. The summed E-state index contributed by atoms with van der Waals surface area (Å²) in [6, 6.07) is 7.48. The zero-order chi connectivity index (χ0) is 16.2. The van der Waals surface area contributed by atoms with Gasteiger partial charge in [-0.2, -0.15) is 0 Å². The van der Waals surface area contributed by atoms with Gasteiger partial charge in [0.05, 0.1) is 14.2 Å². The normalized spacial score (nSPS) is 10.6. The van der Waals surface area contributed by atoms with Gasteiger partial charge in [-0.3, -0.25) is 9.79 Å². The first-order valence-corrected chi connectivity index (χ1v) is 7.43. The molecular weight excluding hydrogens is 409 g/mol. The van der Waals surface area contributed by atoms with E-state index in [1.165, 1.54) is 7.11 Å². The maximum Gasteiger partial charge on any atom is 0.305 e. The molecule has 0 amide bonds. The lowest BCUT2D eigenvalue weighted by atomic mass is 10.1. The Labute approximate surface area is 154 Å². The zero-order valence-electron chi connectivity index (χ0n) is 13.7. The highest BCUT2D eigenvalue weighted by Gasteiger charge is 1.99. The molecule has 0 aliphatic carbocycles. The number of nitrogens with two attached hydrogens (primary N) is 1. The van der Waals surface area contributed by atoms with Gasteiger partial charge in [0, 0.05) is 18.7 Å². The van der Waals surface area contributed by atoms with Crippen LogP contribution in [0.3, 0.4) is 0 Å². The summed E-state index contributed by atoms with van der Waals surface area (Å²) in [5.41, 5.74) is 6.70. The highest BCUT2D eigenvalue weighted by molar-refractivity contribution is 14.0. The summed E-state index contributed by atoms with van der Waals surface area (Å²) in [7, 11) is 3.04. The Morgan fingerprint density at radius 3 is 2.39 bits per heavy atom. The third-order valence-electron chi connectivity index (χ3n) is 3.16. The van der Waals surface area contributed by atoms with Crippen LogP contribution in [0.5, 0.6) is 5.75 Å². The van der Waals surface area contributed by atoms with Crippen molar-refractivity contribution in [2.45, 2.75) is 32.1 Å². The number of unbranched alkanes of at least 4 members (excludes halogenated alkanes) is 3. The van der Waals surface area contributed by atoms with Gasteiger partial charge < -0.3 is 20.5 Å². The number of ether oxygens (including phenoxy) is 2. The molecule has 0 unspecified atom stereocenters. The summed E-state index contributed by atoms with van der Waals surface area (Å²) < 4.78 is 9.68. The first-order valence-electron chi connectivity index (χ1n) is 7.43. The first kappa shape index (κ1) is 21.5. The smallest absolute Gasteiger partial charge is 0.305 e. The van der Waals surface area contributed by atoms with Crippen LogP contribution in [0.15, 0.2) is 29.3 Å². The van der Waals surface area contributed by atoms with Crippen molar-refractivity contribution in [3.8, 4) is 5.75 Å². The Bertz CT molecular complexity index is 478. The molecule has 0 atom stereocenters. The Balaban J connectivity index is 0.00000484. The molecule has 0 aromatic heterocycles. The Kier molecular flexibility index (Phi) is 12.1. The summed E-state index contributed by atoms with van der Waals surface area (Å²) in [5, 5.41) is 3.03. The molecule has 6 nitrogen and oxygen atoms in total. The number of methoxy groups -OCH3 is 2. The molecule has 0 saturated heterocycles. The molecule has 0 radical (unpaired) electrons. The second-order valence-electron chi connectivity index (χ2n) is 4.86. The Morgan fingerprint density at radius 2 is 1.78 bits per heavy atom. The molecule has 1 aromatic carbocycles. The maximum atomic E-state index is 10.9. The van der Waals surface area contributed by atoms with E-state index in [1.54, 1.807) is 7.11 Å². The Hall–Kier alpha value is -1.51. The van der Waals surface area contributed by atoms with E-state index in [4.69, 9.17) is 10.5 Å². The Morgan fingerprint density at radius 1 is 1.13 bits per heavy atom. The number of hydrogen-bond acceptors (Lipinski definition) is 4. The van der Waals surface area contributed by atoms with Crippen LogP contribution in [-0.4, -0.2) is 32.7 Å². The van der Waals surface area contributed by atoms with Crippen molar-refractivity contribution in [3.63, 3.8) is 0 Å². The van der Waals surface area contributed by atoms with Crippen LogP contribution in [0, 0.1) is 0 Å². The van der Waals surface area contributed by atoms with Gasteiger partial charge >= 0.3 is 5.97 Å². The summed E-state index contributed by atoms with van der Waals surface area (Å²) in [5.74, 6) is 1.05. The van der Waals surface area contributed by atoms with Gasteiger partial charge in [-0.05, 0) is 37.1 Å². The molecule has 0 bridgehead atoms. The highest BCUT2D eigenvalue weighted by atomic mass is 127. The minimum Gasteiger partial charge on any atom is -0.497 e. The van der Waals surface area contributed by atoms with E-state index in [0.717, 1.165) is 37.1 Å². The van der Waals surface area contributed by atoms with Crippen molar-refractivity contribution in [1.29, 1.82) is 0 Å². The third-order valence-corrected chi connectivity index (χ3v) is 3.16. The number of esters is 1. The van der Waals surface area contributed by atoms with E-state index >= 15 is 0 Å². The molecule has 23 heavy (non-hydrogen) atoms. The predicted octanol–water partition coefficient (Wildman–Crippen LogP) is 3.16. The van der Waals surface area contributed by atoms with Gasteiger partial charge in [0.25, 0.3) is 0 Å². The topological polar surface area (TPSA) is 85.9 Å². The summed E-state index contributed by atoms with van der Waals surface area (Å²) in [6.07, 6.45) is 4.32. The second-order valence-corrected chi connectivity index (χ2v) is 4.86. The van der Waals surface area contributed by atoms with E-state index in [-0.39, 0.29) is 29.9 Å². The maximum absolute atomic E-state index is 10.9. The fourth-order valence-electron chi connectivity index (χ4n) is 1.90. The standard InChI is InChI=1S/C16H25N3O3.HI/c1-21-14-10-8-13(9-11-14)19-16(17)18-12-6-4-3-5-7-15(20)22-2;/h8-11H,3-7,12H2,1-2H3,(H3,17,18,19);1H. The summed E-state index contributed by atoms with van der Waals surface area (Å²) >= 11 is 0. The van der Waals surface area contributed by atoms with Crippen molar-refractivity contribution >= 4 is 41.6 Å². The van der Waals surface area contributed by atoms with E-state index in [0.29, 0.717) is 18.9 Å². The summed E-state index contributed by atoms with van der Waals surface area (Å²) in [4.78, 5) is 15.2. The molecule has 0 saturated carbocycles. The van der Waals surface area contributed by atoms with Crippen LogP contribution in [-0.2, 0) is 9.53 Å². The first-order chi connectivity index (χ1) is 10.7. The molecule has 3 N–H and O–H groups in total. The van der Waals surface area contributed by atoms with Gasteiger partial charge in [0.15, 0.2) is 5.96 Å². The van der Waals surface area contributed by atoms with E-state index in [1.807, 2.05) is 24.3 Å². The van der Waals surface area contributed by atoms with E-state index < -0.39 is 0 Å². The number of rotatable bonds is 9. The molecule has 0 aliphatic rings. The van der Waals surface area contributed by atoms with E-state index in [2.05, 4.69) is 15.0 Å². The largest absolute Gasteiger partial charge is 0.497 e. The van der Waals surface area contributed by atoms with Crippen molar-refractivity contribution in [2.24, 2.45) is 10.7 Å². The number of guanidine groups is 1. The van der Waals surface area contributed by atoms with Gasteiger partial charge in [-0.1, -0.05) is 12.8 Å². The van der Waals surface area contributed by atoms with Gasteiger partial charge in [-0.15, -0.1) is 24.0 Å². The van der Waals surface area contributed by atoms with Crippen LogP contribution >= 0.6 is 24.0 Å². The molecule has 0 aliphatic heterocycles. The number of benzene rings is 1. The number of halogens is 1. The van der Waals surface area contributed by atoms with Crippen LogP contribution in [0.4, 0.5) is 5.69 Å². The van der Waals surface area contributed by atoms with Gasteiger partial charge in [0.1, 0.15) is 5.75 Å². The lowest BCUT2D eigenvalue weighted by molar-refractivity contribution is -0.140. The molecule has 0 spiro atoms. The number of nitrogens with zero attached hydrogens (tertiary/aromatic N) is 1. The highest BCUT2D eigenvalue weighted by Crippen LogP contribution is 2.14. The average Bonchev–Trinajstić information content (AvgIpc) is 2.54. The van der Waals surface area contributed by atoms with Crippen molar-refractivity contribution < 1.29 is 14.3 Å². The van der Waals surface area contributed by atoms with Crippen molar-refractivity contribution in [1.82, 2.24) is 0 Å². The number of carbonyl (C=O) groups is 1. The number of carbonyl (C=O) groups excluding carboxylic acids is 1. The molecule has 7 heteroatoms. The zero-order valence-corrected chi connectivity index (χ0v) is 16.0. The van der Waals surface area contributed by atoms with Gasteiger partial charge in [-0.25, -0.2) is 0 Å². The monoisotopic (exact) mass is 435 g/mol. The van der Waals surface area contributed by atoms with Crippen LogP contribution < -0.4 is 15.8 Å². The van der Waals surface area contributed by atoms with E-state index in [9.17, 15) is 4.79 Å². The quantitative estimate of drug-likeness (QED) is 0.205. The molecule has 1 aromatic rings. The van der Waals surface area contributed by atoms with Crippen LogP contribution in [0.2, 0.25) is 0 Å². The molecule has 0 heterocycles. The molecule has 1 rings (SSSR count). The lowest BCUT2D eigenvalue weighted by Crippen LogP contribution is -2.22. The lowest BCUT2D eigenvalue weighted by Gasteiger charge is -2.06. The minimum absolute atomic E-state index is 0. The van der Waals surface area contributed by atoms with Crippen LogP contribution in [0.25, 0.3) is 0 Å². The molecular formula is C16H26IN3O3. The third kappa shape index (κ3) is 9.98. The fourth-order valence-corrected chi connectivity index (χ4v) is 1.90. The molecule has 130 valence electrons. The minimum atomic E-state index is -0.147. The van der Waals surface area contributed by atoms with Crippen LogP contribution in [0.1, 0.15) is 32.1 Å². The second kappa shape index (κ2) is 13.0. The fraction of sp³-hybridized carbons (Fsp3) is 0.500. The number of anilines is 1. The SMILES string of the molecule is COC(=O)CCCCCCN=C(N)Nc1ccc(OC)cc1.I.